The molecule has 1 fully saturated rings. The Labute approximate surface area is 309 Å². The number of esters is 1. The lowest BCUT2D eigenvalue weighted by Crippen LogP contribution is -2.47. The molecule has 17 heteroatoms. The Morgan fingerprint density at radius 2 is 1.63 bits per heavy atom. The highest BCUT2D eigenvalue weighted by Gasteiger charge is 2.35. The van der Waals surface area contributed by atoms with E-state index in [1.807, 2.05) is 36.1 Å². The summed E-state index contributed by atoms with van der Waals surface area (Å²) in [5, 5.41) is 4.66. The third kappa shape index (κ3) is 10.8. The van der Waals surface area contributed by atoms with E-state index in [1.54, 1.807) is 25.0 Å². The maximum atomic E-state index is 15.2. The lowest BCUT2D eigenvalue weighted by molar-refractivity contribution is -0.141. The van der Waals surface area contributed by atoms with Crippen molar-refractivity contribution in [2.75, 3.05) is 63.7 Å². The number of methoxy groups -OCH3 is 1. The molecule has 0 atom stereocenters. The first kappa shape index (κ1) is 39.7. The zero-order chi connectivity index (χ0) is 38.8. The van der Waals surface area contributed by atoms with Crippen molar-refractivity contribution in [3.8, 4) is 28.8 Å². The van der Waals surface area contributed by atoms with Gasteiger partial charge in [0.15, 0.2) is 11.6 Å². The van der Waals surface area contributed by atoms with E-state index in [4.69, 9.17) is 18.9 Å². The number of anilines is 2. The Hall–Kier alpha value is -5.55. The summed E-state index contributed by atoms with van der Waals surface area (Å²) >= 11 is 0. The number of halogens is 4. The summed E-state index contributed by atoms with van der Waals surface area (Å²) < 4.78 is 79.5. The Kier molecular flexibility index (Phi) is 13.2. The van der Waals surface area contributed by atoms with Crippen LogP contribution in [-0.2, 0) is 28.9 Å². The second-order valence-electron chi connectivity index (χ2n) is 12.3. The van der Waals surface area contributed by atoms with Gasteiger partial charge in [-0.2, -0.15) is 13.2 Å². The molecule has 0 unspecified atom stereocenters. The number of amides is 2. The number of aryl methyl sites for hydroxylation is 1. The van der Waals surface area contributed by atoms with E-state index in [1.165, 1.54) is 19.3 Å². The predicted octanol–water partition coefficient (Wildman–Crippen LogP) is 6.32. The average Bonchev–Trinajstić information content (AvgIpc) is 3.13. The molecule has 1 saturated heterocycles. The summed E-state index contributed by atoms with van der Waals surface area (Å²) in [7, 11) is 1.59. The van der Waals surface area contributed by atoms with Gasteiger partial charge in [-0.25, -0.2) is 24.1 Å². The molecular formula is C37H41F4N7O6. The van der Waals surface area contributed by atoms with Crippen LogP contribution in [0.3, 0.4) is 0 Å². The van der Waals surface area contributed by atoms with Gasteiger partial charge in [-0.3, -0.25) is 14.6 Å². The molecule has 0 aliphatic carbocycles. The molecule has 0 radical (unpaired) electrons. The molecule has 13 nitrogen and oxygen atoms in total. The third-order valence-corrected chi connectivity index (χ3v) is 8.46. The number of urea groups is 1. The van der Waals surface area contributed by atoms with Gasteiger partial charge in [0.05, 0.1) is 42.5 Å². The number of nitrogens with one attached hydrogen (secondary N) is 2. The maximum Gasteiger partial charge on any atom is 0.416 e. The Balaban J connectivity index is 1.22. The van der Waals surface area contributed by atoms with Gasteiger partial charge in [0, 0.05) is 58.0 Å². The van der Waals surface area contributed by atoms with E-state index in [2.05, 4.69) is 25.6 Å². The molecule has 5 rings (SSSR count). The molecule has 2 amide bonds. The summed E-state index contributed by atoms with van der Waals surface area (Å²) in [5.41, 5.74) is -0.0850. The zero-order valence-corrected chi connectivity index (χ0v) is 30.3. The van der Waals surface area contributed by atoms with Crippen LogP contribution in [0, 0.1) is 12.7 Å². The highest BCUT2D eigenvalue weighted by molar-refractivity contribution is 6.00. The number of ether oxygens (including phenoxy) is 4. The molecule has 2 aromatic heterocycles. The smallest absolute Gasteiger partial charge is 0.416 e. The second kappa shape index (κ2) is 18.0. The van der Waals surface area contributed by atoms with Crippen molar-refractivity contribution in [3.05, 3.63) is 83.1 Å². The van der Waals surface area contributed by atoms with Crippen molar-refractivity contribution in [1.29, 1.82) is 0 Å². The van der Waals surface area contributed by atoms with E-state index in [0.717, 1.165) is 17.4 Å². The number of hydrogen-bond acceptors (Lipinski definition) is 11. The van der Waals surface area contributed by atoms with Crippen LogP contribution >= 0.6 is 0 Å². The largest absolute Gasteiger partial charge is 0.497 e. The number of alkyl halides is 3. The number of rotatable bonds is 14. The van der Waals surface area contributed by atoms with Crippen LogP contribution < -0.4 is 24.8 Å². The molecule has 54 heavy (non-hydrogen) atoms. The molecule has 0 saturated carbocycles. The fraction of sp³-hybridized carbons (Fsp3) is 0.378. The lowest BCUT2D eigenvalue weighted by Gasteiger charge is -2.35. The summed E-state index contributed by atoms with van der Waals surface area (Å²) in [5.74, 6) is 0.211. The molecule has 1 aliphatic heterocycles. The summed E-state index contributed by atoms with van der Waals surface area (Å²) in [6.45, 7) is 7.89. The molecule has 0 bridgehead atoms. The fourth-order valence-electron chi connectivity index (χ4n) is 5.64. The molecule has 2 N–H and O–H groups in total. The quantitative estimate of drug-likeness (QED) is 0.111. The van der Waals surface area contributed by atoms with Gasteiger partial charge in [0.1, 0.15) is 24.8 Å². The van der Waals surface area contributed by atoms with Gasteiger partial charge >= 0.3 is 18.2 Å². The normalized spacial score (nSPS) is 13.6. The standard InChI is InChI=1S/C37H41F4N7O6/c1-5-52-33-17-26(19-43-35(33)54-22-25-6-8-28(51-4)9-7-25)34-42-20-32(23(2)44-34)46-36(50)45-31-18-29(37(39,40)41)27(16-30(31)38)21-48-12-10-47(11-13-48)14-15-53-24(3)49/h6-9,16-20H,5,10-15,21-22H2,1-4H3,(H2,45,46,50). The zero-order valence-electron chi connectivity index (χ0n) is 30.3. The minimum absolute atomic E-state index is 0.139. The summed E-state index contributed by atoms with van der Waals surface area (Å²) in [6.07, 6.45) is -1.97. The van der Waals surface area contributed by atoms with Gasteiger partial charge in [-0.15, -0.1) is 0 Å². The molecule has 0 spiro atoms. The fourth-order valence-corrected chi connectivity index (χ4v) is 5.64. The minimum Gasteiger partial charge on any atom is -0.497 e. The van der Waals surface area contributed by atoms with Crippen molar-refractivity contribution in [3.63, 3.8) is 0 Å². The monoisotopic (exact) mass is 755 g/mol. The average molecular weight is 756 g/mol. The molecule has 1 aliphatic rings. The van der Waals surface area contributed by atoms with Crippen molar-refractivity contribution in [2.24, 2.45) is 0 Å². The van der Waals surface area contributed by atoms with Gasteiger partial charge < -0.3 is 29.6 Å². The number of carbonyl (C=O) groups excluding carboxylic acids is 2. The van der Waals surface area contributed by atoms with Gasteiger partial charge in [-0.05, 0) is 55.3 Å². The predicted molar refractivity (Wildman–Crippen MR) is 191 cm³/mol. The van der Waals surface area contributed by atoms with Crippen LogP contribution in [0.4, 0.5) is 33.7 Å². The number of piperazine rings is 1. The maximum absolute atomic E-state index is 15.2. The summed E-state index contributed by atoms with van der Waals surface area (Å²) in [6, 6.07) is 9.47. The van der Waals surface area contributed by atoms with Crippen molar-refractivity contribution in [1.82, 2.24) is 24.8 Å². The number of nitrogens with zero attached hydrogens (tertiary/aromatic N) is 5. The van der Waals surface area contributed by atoms with Crippen LogP contribution in [0.25, 0.3) is 11.4 Å². The number of hydrogen-bond donors (Lipinski definition) is 2. The van der Waals surface area contributed by atoms with Crippen LogP contribution in [0.1, 0.15) is 36.2 Å². The SMILES string of the molecule is CCOc1cc(-c2ncc(NC(=O)Nc3cc(C(F)(F)F)c(CN4CCN(CCOC(C)=O)CC4)cc3F)c(C)n2)cnc1OCc1ccc(OC)cc1. The van der Waals surface area contributed by atoms with Crippen LogP contribution in [0.15, 0.2) is 54.9 Å². The van der Waals surface area contributed by atoms with E-state index >= 15 is 4.39 Å². The highest BCUT2D eigenvalue weighted by Crippen LogP contribution is 2.36. The summed E-state index contributed by atoms with van der Waals surface area (Å²) in [4.78, 5) is 40.9. The first-order valence-electron chi connectivity index (χ1n) is 17.1. The number of carbonyl (C=O) groups is 2. The first-order valence-corrected chi connectivity index (χ1v) is 17.1. The van der Waals surface area contributed by atoms with Crippen molar-refractivity contribution >= 4 is 23.4 Å². The van der Waals surface area contributed by atoms with E-state index in [0.29, 0.717) is 62.4 Å². The Morgan fingerprint density at radius 1 is 0.926 bits per heavy atom. The van der Waals surface area contributed by atoms with Gasteiger partial charge in [0.25, 0.3) is 5.88 Å². The number of benzene rings is 2. The van der Waals surface area contributed by atoms with E-state index < -0.39 is 29.3 Å². The number of aromatic nitrogens is 3. The van der Waals surface area contributed by atoms with Crippen LogP contribution in [-0.4, -0.2) is 89.8 Å². The second-order valence-corrected chi connectivity index (χ2v) is 12.3. The Bertz CT molecular complexity index is 1920. The molecule has 4 aromatic rings. The van der Waals surface area contributed by atoms with Gasteiger partial charge in [0.2, 0.25) is 0 Å². The van der Waals surface area contributed by atoms with E-state index in [-0.39, 0.29) is 48.7 Å². The first-order chi connectivity index (χ1) is 25.8. The lowest BCUT2D eigenvalue weighted by atomic mass is 10.0. The van der Waals surface area contributed by atoms with Crippen LogP contribution in [0.5, 0.6) is 17.4 Å². The molecular weight excluding hydrogens is 714 g/mol. The Morgan fingerprint density at radius 3 is 2.28 bits per heavy atom. The molecule has 288 valence electrons. The van der Waals surface area contributed by atoms with Crippen molar-refractivity contribution < 1.29 is 46.1 Å². The molecule has 3 heterocycles. The number of pyridine rings is 1. The topological polar surface area (TPSA) is 140 Å². The van der Waals surface area contributed by atoms with Gasteiger partial charge in [-0.1, -0.05) is 12.1 Å². The third-order valence-electron chi connectivity index (χ3n) is 8.46. The van der Waals surface area contributed by atoms with E-state index in [9.17, 15) is 22.8 Å². The van der Waals surface area contributed by atoms with Crippen LogP contribution in [0.2, 0.25) is 0 Å². The highest BCUT2D eigenvalue weighted by atomic mass is 19.4. The molecule has 2 aromatic carbocycles. The minimum atomic E-state index is -4.81. The van der Waals surface area contributed by atoms with Crippen molar-refractivity contribution in [2.45, 2.75) is 40.1 Å².